The molecule has 31 heavy (non-hydrogen) atoms. The van der Waals surface area contributed by atoms with E-state index in [0.29, 0.717) is 40.6 Å². The van der Waals surface area contributed by atoms with E-state index in [1.165, 1.54) is 27.8 Å². The lowest BCUT2D eigenvalue weighted by molar-refractivity contribution is -0.139. The lowest BCUT2D eigenvalue weighted by Gasteiger charge is -2.34. The molecule has 9 nitrogen and oxygen atoms in total. The summed E-state index contributed by atoms with van der Waals surface area (Å²) >= 11 is 0. The fourth-order valence-electron chi connectivity index (χ4n) is 4.12. The Bertz CT molecular complexity index is 848. The van der Waals surface area contributed by atoms with Gasteiger partial charge < -0.3 is 29.6 Å². The third kappa shape index (κ3) is 4.87. The van der Waals surface area contributed by atoms with Crippen LogP contribution in [-0.2, 0) is 9.53 Å². The van der Waals surface area contributed by atoms with Crippen molar-refractivity contribution in [1.29, 1.82) is 0 Å². The average molecular weight is 434 g/mol. The fraction of sp³-hybridized carbons (Fsp3) is 0.545. The van der Waals surface area contributed by atoms with Gasteiger partial charge in [-0.3, -0.25) is 4.90 Å². The molecular formula is C22H31N3O6. The summed E-state index contributed by atoms with van der Waals surface area (Å²) < 4.78 is 21.8. The lowest BCUT2D eigenvalue weighted by Crippen LogP contribution is -2.49. The number of hydrogen-bond donors (Lipinski definition) is 2. The molecule has 2 aliphatic rings. The van der Waals surface area contributed by atoms with Crippen LogP contribution >= 0.6 is 0 Å². The summed E-state index contributed by atoms with van der Waals surface area (Å²) in [6.45, 7) is 4.29. The van der Waals surface area contributed by atoms with Crippen molar-refractivity contribution in [2.75, 3.05) is 47.6 Å². The number of rotatable bonds is 8. The number of nitrogens with one attached hydrogen (secondary N) is 2. The van der Waals surface area contributed by atoms with Crippen molar-refractivity contribution in [3.05, 3.63) is 29.0 Å². The minimum Gasteiger partial charge on any atom is -0.493 e. The Morgan fingerprint density at radius 2 is 1.77 bits per heavy atom. The number of benzene rings is 1. The molecule has 0 aromatic heterocycles. The summed E-state index contributed by atoms with van der Waals surface area (Å²) in [6.07, 6.45) is 3.39. The molecule has 2 N–H and O–H groups in total. The molecule has 170 valence electrons. The van der Waals surface area contributed by atoms with Crippen molar-refractivity contribution >= 4 is 12.0 Å². The van der Waals surface area contributed by atoms with E-state index in [4.69, 9.17) is 18.9 Å². The summed E-state index contributed by atoms with van der Waals surface area (Å²) in [6, 6.07) is 2.33. The molecule has 1 atom stereocenters. The molecule has 1 saturated heterocycles. The highest BCUT2D eigenvalue weighted by molar-refractivity contribution is 5.95. The first-order valence-corrected chi connectivity index (χ1v) is 10.5. The first-order chi connectivity index (χ1) is 15.0. The standard InChI is InChI=1S/C22H31N3O6/c1-5-31-21(26)17-15(13-25-11-7-6-8-12-25)23-22(27)24-18(17)14-9-10-16(28-2)20(30-4)19(14)29-3/h9-10,18H,5-8,11-13H2,1-4H3,(H2,23,24,27). The van der Waals surface area contributed by atoms with Crippen LogP contribution in [0.2, 0.25) is 0 Å². The van der Waals surface area contributed by atoms with Crippen molar-refractivity contribution in [3.63, 3.8) is 0 Å². The molecule has 9 heteroatoms. The van der Waals surface area contributed by atoms with Gasteiger partial charge in [0.1, 0.15) is 0 Å². The molecule has 2 heterocycles. The molecule has 0 radical (unpaired) electrons. The van der Waals surface area contributed by atoms with Crippen molar-refractivity contribution < 1.29 is 28.5 Å². The summed E-state index contributed by atoms with van der Waals surface area (Å²) in [5.41, 5.74) is 1.48. The Kier molecular flexibility index (Phi) is 7.62. The summed E-state index contributed by atoms with van der Waals surface area (Å²) in [5, 5.41) is 5.68. The van der Waals surface area contributed by atoms with Gasteiger partial charge >= 0.3 is 12.0 Å². The molecule has 2 amide bonds. The Morgan fingerprint density at radius 1 is 1.06 bits per heavy atom. The Morgan fingerprint density at radius 3 is 2.39 bits per heavy atom. The van der Waals surface area contributed by atoms with E-state index < -0.39 is 12.0 Å². The molecule has 0 saturated carbocycles. The molecule has 1 aromatic carbocycles. The van der Waals surface area contributed by atoms with Crippen LogP contribution in [0.1, 0.15) is 37.8 Å². The van der Waals surface area contributed by atoms with E-state index in [1.807, 2.05) is 0 Å². The van der Waals surface area contributed by atoms with Crippen LogP contribution in [0.5, 0.6) is 17.2 Å². The number of nitrogens with zero attached hydrogens (tertiary/aromatic N) is 1. The maximum absolute atomic E-state index is 13.0. The lowest BCUT2D eigenvalue weighted by atomic mass is 9.93. The number of methoxy groups -OCH3 is 3. The maximum atomic E-state index is 13.0. The van der Waals surface area contributed by atoms with Crippen LogP contribution < -0.4 is 24.8 Å². The second-order valence-corrected chi connectivity index (χ2v) is 7.40. The van der Waals surface area contributed by atoms with Gasteiger partial charge in [0.2, 0.25) is 5.75 Å². The van der Waals surface area contributed by atoms with Gasteiger partial charge in [0.15, 0.2) is 11.5 Å². The minimum absolute atomic E-state index is 0.225. The predicted molar refractivity (Wildman–Crippen MR) is 114 cm³/mol. The Balaban J connectivity index is 2.11. The number of esters is 1. The van der Waals surface area contributed by atoms with Crippen LogP contribution in [0.15, 0.2) is 23.4 Å². The van der Waals surface area contributed by atoms with Crippen LogP contribution in [-0.4, -0.2) is 64.5 Å². The number of ether oxygens (including phenoxy) is 4. The summed E-state index contributed by atoms with van der Waals surface area (Å²) in [4.78, 5) is 27.9. The van der Waals surface area contributed by atoms with Crippen molar-refractivity contribution in [1.82, 2.24) is 15.5 Å². The van der Waals surface area contributed by atoms with E-state index in [2.05, 4.69) is 15.5 Å². The number of piperidine rings is 1. The molecule has 0 aliphatic carbocycles. The number of urea groups is 1. The number of amides is 2. The quantitative estimate of drug-likeness (QED) is 0.608. The highest BCUT2D eigenvalue weighted by Gasteiger charge is 2.37. The van der Waals surface area contributed by atoms with E-state index >= 15 is 0 Å². The van der Waals surface area contributed by atoms with Gasteiger partial charge in [0, 0.05) is 17.8 Å². The molecule has 3 rings (SSSR count). The smallest absolute Gasteiger partial charge is 0.338 e. The first kappa shape index (κ1) is 22.7. The van der Waals surface area contributed by atoms with Gasteiger partial charge in [-0.05, 0) is 45.0 Å². The molecule has 2 aliphatic heterocycles. The first-order valence-electron chi connectivity index (χ1n) is 10.5. The SMILES string of the molecule is CCOC(=O)C1=C(CN2CCCCC2)NC(=O)NC1c1ccc(OC)c(OC)c1OC. The van der Waals surface area contributed by atoms with E-state index in [0.717, 1.165) is 25.9 Å². The zero-order valence-electron chi connectivity index (χ0n) is 18.6. The molecule has 1 fully saturated rings. The highest BCUT2D eigenvalue weighted by Crippen LogP contribution is 2.44. The van der Waals surface area contributed by atoms with Crippen LogP contribution in [0.4, 0.5) is 4.79 Å². The number of carbonyl (C=O) groups excluding carboxylic acids is 2. The fourth-order valence-corrected chi connectivity index (χ4v) is 4.12. The number of hydrogen-bond acceptors (Lipinski definition) is 7. The normalized spacial score (nSPS) is 19.4. The highest BCUT2D eigenvalue weighted by atomic mass is 16.5. The molecule has 1 aromatic rings. The molecular weight excluding hydrogens is 402 g/mol. The summed E-state index contributed by atoms with van der Waals surface area (Å²) in [5.74, 6) is 0.770. The van der Waals surface area contributed by atoms with E-state index in [9.17, 15) is 9.59 Å². The third-order valence-electron chi connectivity index (χ3n) is 5.53. The van der Waals surface area contributed by atoms with Gasteiger partial charge in [0.05, 0.1) is 39.6 Å². The zero-order valence-corrected chi connectivity index (χ0v) is 18.6. The second kappa shape index (κ2) is 10.4. The Hall–Kier alpha value is -2.94. The largest absolute Gasteiger partial charge is 0.493 e. The third-order valence-corrected chi connectivity index (χ3v) is 5.53. The molecule has 0 spiro atoms. The van der Waals surface area contributed by atoms with Gasteiger partial charge in [-0.25, -0.2) is 9.59 Å². The van der Waals surface area contributed by atoms with E-state index in [1.54, 1.807) is 19.1 Å². The maximum Gasteiger partial charge on any atom is 0.338 e. The summed E-state index contributed by atoms with van der Waals surface area (Å²) in [7, 11) is 4.55. The molecule has 0 bridgehead atoms. The minimum atomic E-state index is -0.762. The predicted octanol–water partition coefficient (Wildman–Crippen LogP) is 2.37. The topological polar surface area (TPSA) is 98.4 Å². The Labute approximate surface area is 182 Å². The van der Waals surface area contributed by atoms with Crippen LogP contribution in [0, 0.1) is 0 Å². The number of likely N-dealkylation sites (tertiary alicyclic amines) is 1. The van der Waals surface area contributed by atoms with Gasteiger partial charge in [-0.2, -0.15) is 0 Å². The average Bonchev–Trinajstić information content (AvgIpc) is 2.78. The van der Waals surface area contributed by atoms with Gasteiger partial charge in [0.25, 0.3) is 0 Å². The van der Waals surface area contributed by atoms with Crippen molar-refractivity contribution in [3.8, 4) is 17.2 Å². The van der Waals surface area contributed by atoms with Crippen LogP contribution in [0.3, 0.4) is 0 Å². The van der Waals surface area contributed by atoms with Crippen molar-refractivity contribution in [2.24, 2.45) is 0 Å². The monoisotopic (exact) mass is 433 g/mol. The number of carbonyl (C=O) groups is 2. The van der Waals surface area contributed by atoms with Gasteiger partial charge in [-0.1, -0.05) is 6.42 Å². The zero-order chi connectivity index (χ0) is 22.4. The van der Waals surface area contributed by atoms with Crippen LogP contribution in [0.25, 0.3) is 0 Å². The van der Waals surface area contributed by atoms with Crippen molar-refractivity contribution in [2.45, 2.75) is 32.2 Å². The molecule has 1 unspecified atom stereocenters. The van der Waals surface area contributed by atoms with Gasteiger partial charge in [-0.15, -0.1) is 0 Å². The second-order valence-electron chi connectivity index (χ2n) is 7.40. The van der Waals surface area contributed by atoms with E-state index in [-0.39, 0.29) is 12.6 Å².